The fourth-order valence-electron chi connectivity index (χ4n) is 2.39. The van der Waals surface area contributed by atoms with Gasteiger partial charge in [-0.05, 0) is 30.7 Å². The van der Waals surface area contributed by atoms with Crippen LogP contribution in [0, 0.1) is 0 Å². The number of benzene rings is 2. The zero-order valence-electron chi connectivity index (χ0n) is 13.3. The molecule has 0 aliphatic carbocycles. The minimum absolute atomic E-state index is 0.140. The standard InChI is InChI=1S/C19H17BrN2OS/c1-2-6-16-17(13-7-4-3-5-8-13)21-19(24-16)22-18(23)14-9-11-15(20)12-10-14/h3-5,7-12H,2,6H2,1H3,(H,21,22,23). The van der Waals surface area contributed by atoms with Gasteiger partial charge >= 0.3 is 0 Å². The zero-order chi connectivity index (χ0) is 16.9. The number of aryl methyl sites for hydroxylation is 1. The molecule has 0 saturated carbocycles. The van der Waals surface area contributed by atoms with E-state index in [9.17, 15) is 4.79 Å². The van der Waals surface area contributed by atoms with Gasteiger partial charge in [0.05, 0.1) is 5.69 Å². The summed E-state index contributed by atoms with van der Waals surface area (Å²) in [5, 5.41) is 3.56. The Kier molecular flexibility index (Phi) is 5.43. The maximum absolute atomic E-state index is 12.4. The molecule has 5 heteroatoms. The second-order valence-electron chi connectivity index (χ2n) is 5.37. The van der Waals surface area contributed by atoms with Gasteiger partial charge in [-0.25, -0.2) is 4.98 Å². The molecule has 0 fully saturated rings. The summed E-state index contributed by atoms with van der Waals surface area (Å²) in [6.45, 7) is 2.15. The van der Waals surface area contributed by atoms with Gasteiger partial charge in [0, 0.05) is 20.5 Å². The van der Waals surface area contributed by atoms with Gasteiger partial charge in [0.15, 0.2) is 5.13 Å². The lowest BCUT2D eigenvalue weighted by atomic mass is 10.1. The third-order valence-electron chi connectivity index (χ3n) is 3.55. The van der Waals surface area contributed by atoms with Crippen molar-refractivity contribution < 1.29 is 4.79 Å². The molecule has 0 aliphatic heterocycles. The molecule has 0 bridgehead atoms. The number of nitrogens with zero attached hydrogens (tertiary/aromatic N) is 1. The van der Waals surface area contributed by atoms with Crippen LogP contribution in [0.4, 0.5) is 5.13 Å². The van der Waals surface area contributed by atoms with Crippen molar-refractivity contribution in [2.45, 2.75) is 19.8 Å². The summed E-state index contributed by atoms with van der Waals surface area (Å²) in [5.74, 6) is -0.140. The fourth-order valence-corrected chi connectivity index (χ4v) is 3.74. The smallest absolute Gasteiger partial charge is 0.257 e. The summed E-state index contributed by atoms with van der Waals surface area (Å²) in [7, 11) is 0. The van der Waals surface area contributed by atoms with Gasteiger partial charge in [0.2, 0.25) is 0 Å². The molecule has 0 unspecified atom stereocenters. The molecule has 122 valence electrons. The molecule has 1 amide bonds. The average molecular weight is 401 g/mol. The molecule has 2 aromatic carbocycles. The van der Waals surface area contributed by atoms with E-state index in [-0.39, 0.29) is 5.91 Å². The number of halogens is 1. The summed E-state index contributed by atoms with van der Waals surface area (Å²) < 4.78 is 0.949. The van der Waals surface area contributed by atoms with Crippen molar-refractivity contribution in [3.8, 4) is 11.3 Å². The average Bonchev–Trinajstić information content (AvgIpc) is 2.99. The predicted molar refractivity (Wildman–Crippen MR) is 104 cm³/mol. The van der Waals surface area contributed by atoms with Crippen molar-refractivity contribution in [1.82, 2.24) is 4.98 Å². The van der Waals surface area contributed by atoms with Crippen molar-refractivity contribution in [1.29, 1.82) is 0 Å². The predicted octanol–water partition coefficient (Wildman–Crippen LogP) is 5.78. The molecule has 0 spiro atoms. The number of carbonyl (C=O) groups excluding carboxylic acids is 1. The Morgan fingerprint density at radius 2 is 1.83 bits per heavy atom. The number of carbonyl (C=O) groups is 1. The molecule has 24 heavy (non-hydrogen) atoms. The Morgan fingerprint density at radius 3 is 2.50 bits per heavy atom. The minimum Gasteiger partial charge on any atom is -0.298 e. The molecule has 0 saturated heterocycles. The third kappa shape index (κ3) is 3.91. The summed E-state index contributed by atoms with van der Waals surface area (Å²) >= 11 is 4.93. The van der Waals surface area contributed by atoms with E-state index in [4.69, 9.17) is 0 Å². The lowest BCUT2D eigenvalue weighted by Crippen LogP contribution is -2.11. The number of rotatable bonds is 5. The molecule has 3 aromatic rings. The van der Waals surface area contributed by atoms with Crippen molar-refractivity contribution in [2.24, 2.45) is 0 Å². The molecule has 1 heterocycles. The normalized spacial score (nSPS) is 10.6. The number of hydrogen-bond acceptors (Lipinski definition) is 3. The summed E-state index contributed by atoms with van der Waals surface area (Å²) in [4.78, 5) is 18.2. The van der Waals surface area contributed by atoms with E-state index in [1.54, 1.807) is 23.5 Å². The largest absolute Gasteiger partial charge is 0.298 e. The number of aromatic nitrogens is 1. The van der Waals surface area contributed by atoms with E-state index in [1.807, 2.05) is 30.3 Å². The Bertz CT molecular complexity index is 828. The van der Waals surface area contributed by atoms with E-state index < -0.39 is 0 Å². The number of thiazole rings is 1. The SMILES string of the molecule is CCCc1sc(NC(=O)c2ccc(Br)cc2)nc1-c1ccccc1. The van der Waals surface area contributed by atoms with Crippen LogP contribution in [0.3, 0.4) is 0 Å². The fraction of sp³-hybridized carbons (Fsp3) is 0.158. The molecule has 0 aliphatic rings. The molecule has 3 rings (SSSR count). The van der Waals surface area contributed by atoms with Gasteiger partial charge < -0.3 is 0 Å². The first-order valence-electron chi connectivity index (χ1n) is 7.79. The van der Waals surface area contributed by atoms with Gasteiger partial charge in [-0.1, -0.05) is 59.6 Å². The van der Waals surface area contributed by atoms with Crippen LogP contribution in [0.1, 0.15) is 28.6 Å². The van der Waals surface area contributed by atoms with Crippen molar-refractivity contribution in [2.75, 3.05) is 5.32 Å². The Morgan fingerprint density at radius 1 is 1.12 bits per heavy atom. The number of anilines is 1. The highest BCUT2D eigenvalue weighted by Gasteiger charge is 2.15. The Labute approximate surface area is 153 Å². The minimum atomic E-state index is -0.140. The maximum atomic E-state index is 12.4. The first-order valence-corrected chi connectivity index (χ1v) is 9.40. The van der Waals surface area contributed by atoms with E-state index in [1.165, 1.54) is 4.88 Å². The first-order chi connectivity index (χ1) is 11.7. The summed E-state index contributed by atoms with van der Waals surface area (Å²) in [6, 6.07) is 17.4. The molecule has 3 nitrogen and oxygen atoms in total. The van der Waals surface area contributed by atoms with Crippen LogP contribution in [0.2, 0.25) is 0 Å². The van der Waals surface area contributed by atoms with Crippen LogP contribution >= 0.6 is 27.3 Å². The number of hydrogen-bond donors (Lipinski definition) is 1. The van der Waals surface area contributed by atoms with Gasteiger partial charge in [0.1, 0.15) is 0 Å². The molecular formula is C19H17BrN2OS. The zero-order valence-corrected chi connectivity index (χ0v) is 15.7. The van der Waals surface area contributed by atoms with Crippen LogP contribution in [0.25, 0.3) is 11.3 Å². The Balaban J connectivity index is 1.86. The van der Waals surface area contributed by atoms with Crippen LogP contribution in [0.15, 0.2) is 59.1 Å². The third-order valence-corrected chi connectivity index (χ3v) is 5.11. The van der Waals surface area contributed by atoms with Crippen molar-refractivity contribution in [3.63, 3.8) is 0 Å². The number of amides is 1. The number of nitrogens with one attached hydrogen (secondary N) is 1. The monoisotopic (exact) mass is 400 g/mol. The molecule has 1 N–H and O–H groups in total. The van der Waals surface area contributed by atoms with Gasteiger partial charge in [-0.3, -0.25) is 10.1 Å². The molecular weight excluding hydrogens is 384 g/mol. The molecule has 1 aromatic heterocycles. The van der Waals surface area contributed by atoms with E-state index >= 15 is 0 Å². The van der Waals surface area contributed by atoms with Gasteiger partial charge in [-0.2, -0.15) is 0 Å². The first kappa shape index (κ1) is 16.9. The van der Waals surface area contributed by atoms with E-state index in [2.05, 4.69) is 45.3 Å². The van der Waals surface area contributed by atoms with Crippen LogP contribution in [-0.2, 0) is 6.42 Å². The van der Waals surface area contributed by atoms with Crippen LogP contribution in [0.5, 0.6) is 0 Å². The quantitative estimate of drug-likeness (QED) is 0.589. The highest BCUT2D eigenvalue weighted by molar-refractivity contribution is 9.10. The van der Waals surface area contributed by atoms with Gasteiger partial charge in [-0.15, -0.1) is 11.3 Å². The second kappa shape index (κ2) is 7.73. The molecule has 0 radical (unpaired) electrons. The highest BCUT2D eigenvalue weighted by Crippen LogP contribution is 2.32. The topological polar surface area (TPSA) is 42.0 Å². The van der Waals surface area contributed by atoms with Crippen LogP contribution in [-0.4, -0.2) is 10.9 Å². The summed E-state index contributed by atoms with van der Waals surface area (Å²) in [5.41, 5.74) is 2.67. The Hall–Kier alpha value is -1.98. The molecule has 0 atom stereocenters. The second-order valence-corrected chi connectivity index (χ2v) is 7.37. The summed E-state index contributed by atoms with van der Waals surface area (Å²) in [6.07, 6.45) is 2.00. The van der Waals surface area contributed by atoms with E-state index in [0.717, 1.165) is 28.6 Å². The highest BCUT2D eigenvalue weighted by atomic mass is 79.9. The lowest BCUT2D eigenvalue weighted by Gasteiger charge is -2.01. The lowest BCUT2D eigenvalue weighted by molar-refractivity contribution is 0.102. The van der Waals surface area contributed by atoms with Crippen LogP contribution < -0.4 is 5.32 Å². The van der Waals surface area contributed by atoms with Crippen molar-refractivity contribution >= 4 is 38.3 Å². The van der Waals surface area contributed by atoms with Gasteiger partial charge in [0.25, 0.3) is 5.91 Å². The maximum Gasteiger partial charge on any atom is 0.257 e. The van der Waals surface area contributed by atoms with E-state index in [0.29, 0.717) is 10.7 Å². The van der Waals surface area contributed by atoms with Crippen molar-refractivity contribution in [3.05, 3.63) is 69.5 Å².